The summed E-state index contributed by atoms with van der Waals surface area (Å²) < 4.78 is 25.2. The molecule has 1 rings (SSSR count). The summed E-state index contributed by atoms with van der Waals surface area (Å²) in [5, 5.41) is 3.41. The second-order valence-corrected chi connectivity index (χ2v) is 7.35. The number of unbranched alkanes of at least 4 members (excludes halogenated alkanes) is 2. The molecule has 1 N–H and O–H groups in total. The van der Waals surface area contributed by atoms with E-state index in [4.69, 9.17) is 6.42 Å². The number of nitrogens with zero attached hydrogens (tertiary/aromatic N) is 1. The molecule has 21 heavy (non-hydrogen) atoms. The molecule has 0 spiro atoms. The lowest BCUT2D eigenvalue weighted by atomic mass is 10.1. The van der Waals surface area contributed by atoms with Crippen LogP contribution in [-0.2, 0) is 10.0 Å². The molecule has 0 bridgehead atoms. The fraction of sp³-hybridized carbons (Fsp3) is 0.500. The van der Waals surface area contributed by atoms with Crippen LogP contribution in [-0.4, -0.2) is 33.4 Å². The molecule has 0 amide bonds. The third-order valence-electron chi connectivity index (χ3n) is 3.36. The summed E-state index contributed by atoms with van der Waals surface area (Å²) >= 11 is 0. The minimum Gasteiger partial charge on any atom is -0.310 e. The average molecular weight is 308 g/mol. The minimum absolute atomic E-state index is 0.187. The van der Waals surface area contributed by atoms with E-state index in [-0.39, 0.29) is 6.04 Å². The van der Waals surface area contributed by atoms with Gasteiger partial charge in [-0.25, -0.2) is 12.7 Å². The van der Waals surface area contributed by atoms with Gasteiger partial charge < -0.3 is 5.32 Å². The second kappa shape index (κ2) is 8.18. The molecule has 0 saturated carbocycles. The van der Waals surface area contributed by atoms with Crippen molar-refractivity contribution in [3.63, 3.8) is 0 Å². The van der Waals surface area contributed by atoms with Gasteiger partial charge in [-0.1, -0.05) is 12.1 Å². The van der Waals surface area contributed by atoms with Gasteiger partial charge in [0.05, 0.1) is 4.90 Å². The van der Waals surface area contributed by atoms with Gasteiger partial charge in [0, 0.05) is 26.6 Å². The van der Waals surface area contributed by atoms with Crippen molar-refractivity contribution < 1.29 is 8.42 Å². The van der Waals surface area contributed by atoms with Crippen molar-refractivity contribution in [2.24, 2.45) is 0 Å². The van der Waals surface area contributed by atoms with Crippen LogP contribution in [0.5, 0.6) is 0 Å². The molecule has 0 heterocycles. The Morgan fingerprint density at radius 2 is 1.86 bits per heavy atom. The molecule has 0 aromatic heterocycles. The van der Waals surface area contributed by atoms with Crippen LogP contribution in [0.15, 0.2) is 29.2 Å². The average Bonchev–Trinajstić information content (AvgIpc) is 2.46. The smallest absolute Gasteiger partial charge is 0.242 e. The summed E-state index contributed by atoms with van der Waals surface area (Å²) in [5.41, 5.74) is 1.07. The Morgan fingerprint density at radius 3 is 2.38 bits per heavy atom. The Bertz CT molecular complexity index is 571. The molecule has 0 aliphatic rings. The van der Waals surface area contributed by atoms with Crippen molar-refractivity contribution in [3.05, 3.63) is 29.8 Å². The van der Waals surface area contributed by atoms with Crippen LogP contribution in [0.1, 0.15) is 37.8 Å². The van der Waals surface area contributed by atoms with Gasteiger partial charge in [0.25, 0.3) is 0 Å². The number of nitrogens with one attached hydrogen (secondary N) is 1. The topological polar surface area (TPSA) is 49.4 Å². The van der Waals surface area contributed by atoms with Gasteiger partial charge in [0.15, 0.2) is 0 Å². The Kier molecular flexibility index (Phi) is 6.90. The van der Waals surface area contributed by atoms with Crippen molar-refractivity contribution in [2.45, 2.75) is 37.1 Å². The molecule has 0 aliphatic heterocycles. The van der Waals surface area contributed by atoms with E-state index in [2.05, 4.69) is 18.2 Å². The molecule has 0 saturated heterocycles. The number of rotatable bonds is 8. The highest BCUT2D eigenvalue weighted by Gasteiger charge is 2.17. The Hall–Kier alpha value is -1.35. The highest BCUT2D eigenvalue weighted by atomic mass is 32.2. The van der Waals surface area contributed by atoms with Crippen LogP contribution in [0, 0.1) is 12.3 Å². The standard InChI is InChI=1S/C16H24N2O2S/c1-5-6-7-8-13-17-14(2)15-9-11-16(12-10-15)21(19,20)18(3)4/h1,9-12,14,17H,6-8,13H2,2-4H3. The Balaban J connectivity index is 2.60. The van der Waals surface area contributed by atoms with Crippen molar-refractivity contribution >= 4 is 10.0 Å². The monoisotopic (exact) mass is 308 g/mol. The Morgan fingerprint density at radius 1 is 1.24 bits per heavy atom. The van der Waals surface area contributed by atoms with Crippen LogP contribution in [0.2, 0.25) is 0 Å². The van der Waals surface area contributed by atoms with Crippen molar-refractivity contribution in [2.75, 3.05) is 20.6 Å². The summed E-state index contributed by atoms with van der Waals surface area (Å²) in [7, 11) is -0.290. The summed E-state index contributed by atoms with van der Waals surface area (Å²) in [5.74, 6) is 2.63. The lowest BCUT2D eigenvalue weighted by Gasteiger charge is -2.16. The predicted molar refractivity (Wildman–Crippen MR) is 86.4 cm³/mol. The molecule has 1 aromatic carbocycles. The molecule has 1 unspecified atom stereocenters. The van der Waals surface area contributed by atoms with Crippen LogP contribution < -0.4 is 5.32 Å². The quantitative estimate of drug-likeness (QED) is 0.592. The normalized spacial score (nSPS) is 13.1. The zero-order chi connectivity index (χ0) is 15.9. The van der Waals surface area contributed by atoms with Gasteiger partial charge in [-0.2, -0.15) is 0 Å². The minimum atomic E-state index is -3.35. The van der Waals surface area contributed by atoms with Crippen molar-refractivity contribution in [3.8, 4) is 12.3 Å². The van der Waals surface area contributed by atoms with Crippen molar-refractivity contribution in [1.82, 2.24) is 9.62 Å². The Labute approximate surface area is 128 Å². The largest absolute Gasteiger partial charge is 0.310 e. The number of benzene rings is 1. The van der Waals surface area contributed by atoms with E-state index in [9.17, 15) is 8.42 Å². The van der Waals surface area contributed by atoms with E-state index >= 15 is 0 Å². The lowest BCUT2D eigenvalue weighted by Crippen LogP contribution is -2.22. The molecule has 0 fully saturated rings. The molecule has 4 nitrogen and oxygen atoms in total. The molecule has 0 radical (unpaired) electrons. The number of hydrogen-bond donors (Lipinski definition) is 1. The number of terminal acetylenes is 1. The molecule has 0 aliphatic carbocycles. The van der Waals surface area contributed by atoms with Crippen LogP contribution in [0.25, 0.3) is 0 Å². The van der Waals surface area contributed by atoms with E-state index in [1.54, 1.807) is 12.1 Å². The maximum Gasteiger partial charge on any atom is 0.242 e. The van der Waals surface area contributed by atoms with E-state index in [0.29, 0.717) is 4.90 Å². The summed E-state index contributed by atoms with van der Waals surface area (Å²) in [6, 6.07) is 7.21. The van der Waals surface area contributed by atoms with Gasteiger partial charge in [-0.3, -0.25) is 0 Å². The molecule has 116 valence electrons. The molecule has 1 aromatic rings. The zero-order valence-electron chi connectivity index (χ0n) is 13.0. The fourth-order valence-electron chi connectivity index (χ4n) is 1.93. The van der Waals surface area contributed by atoms with E-state index < -0.39 is 10.0 Å². The van der Waals surface area contributed by atoms with E-state index in [1.165, 1.54) is 18.4 Å². The molecular weight excluding hydrogens is 284 g/mol. The van der Waals surface area contributed by atoms with Crippen LogP contribution >= 0.6 is 0 Å². The first-order valence-corrected chi connectivity index (χ1v) is 8.53. The zero-order valence-corrected chi connectivity index (χ0v) is 13.8. The van der Waals surface area contributed by atoms with Crippen molar-refractivity contribution in [1.29, 1.82) is 0 Å². The predicted octanol–water partition coefficient (Wildman–Crippen LogP) is 2.39. The maximum atomic E-state index is 12.0. The van der Waals surface area contributed by atoms with Crippen LogP contribution in [0.3, 0.4) is 0 Å². The first-order chi connectivity index (χ1) is 9.89. The van der Waals surface area contributed by atoms with E-state index in [0.717, 1.165) is 31.4 Å². The van der Waals surface area contributed by atoms with E-state index in [1.807, 2.05) is 12.1 Å². The first-order valence-electron chi connectivity index (χ1n) is 7.09. The number of sulfonamides is 1. The second-order valence-electron chi connectivity index (χ2n) is 5.19. The molecule has 5 heteroatoms. The highest BCUT2D eigenvalue weighted by molar-refractivity contribution is 7.89. The van der Waals surface area contributed by atoms with Gasteiger partial charge >= 0.3 is 0 Å². The summed E-state index contributed by atoms with van der Waals surface area (Å²) in [6.07, 6.45) is 8.09. The van der Waals surface area contributed by atoms with Crippen LogP contribution in [0.4, 0.5) is 0 Å². The first kappa shape index (κ1) is 17.7. The third kappa shape index (κ3) is 5.16. The lowest BCUT2D eigenvalue weighted by molar-refractivity contribution is 0.520. The van der Waals surface area contributed by atoms with Gasteiger partial charge in [0.2, 0.25) is 10.0 Å². The molecular formula is C16H24N2O2S. The SMILES string of the molecule is C#CCCCCNC(C)c1ccc(S(=O)(=O)N(C)C)cc1. The summed E-state index contributed by atoms with van der Waals surface area (Å²) in [6.45, 7) is 2.97. The highest BCUT2D eigenvalue weighted by Crippen LogP contribution is 2.18. The number of hydrogen-bond acceptors (Lipinski definition) is 3. The van der Waals surface area contributed by atoms with Gasteiger partial charge in [-0.15, -0.1) is 12.3 Å². The van der Waals surface area contributed by atoms with Gasteiger partial charge in [-0.05, 0) is 44.0 Å². The van der Waals surface area contributed by atoms with Gasteiger partial charge in [0.1, 0.15) is 0 Å². The maximum absolute atomic E-state index is 12.0. The molecule has 1 atom stereocenters. The fourth-order valence-corrected chi connectivity index (χ4v) is 2.83. The summed E-state index contributed by atoms with van der Waals surface area (Å²) in [4.78, 5) is 0.317. The third-order valence-corrected chi connectivity index (χ3v) is 5.19.